The monoisotopic (exact) mass is 374 g/mol. The van der Waals surface area contributed by atoms with Gasteiger partial charge in [-0.2, -0.15) is 11.8 Å². The highest BCUT2D eigenvalue weighted by molar-refractivity contribution is 8.00. The Kier molecular flexibility index (Phi) is 5.30. The minimum atomic E-state index is -0.228. The number of hydrogen-bond acceptors (Lipinski definition) is 3. The molecule has 5 heteroatoms. The average molecular weight is 375 g/mol. The van der Waals surface area contributed by atoms with Crippen molar-refractivity contribution < 1.29 is 8.78 Å². The molecule has 2 aromatic rings. The topological polar surface area (TPSA) is 15.3 Å². The van der Waals surface area contributed by atoms with Crippen molar-refractivity contribution >= 4 is 11.8 Å². The predicted molar refractivity (Wildman–Crippen MR) is 104 cm³/mol. The molecule has 2 aliphatic rings. The molecule has 2 fully saturated rings. The van der Waals surface area contributed by atoms with E-state index in [1.165, 1.54) is 30.0 Å². The van der Waals surface area contributed by atoms with Gasteiger partial charge in [-0.1, -0.05) is 24.3 Å². The van der Waals surface area contributed by atoms with Crippen LogP contribution >= 0.6 is 11.8 Å². The van der Waals surface area contributed by atoms with Crippen LogP contribution < -0.4 is 5.32 Å². The number of halogens is 2. The van der Waals surface area contributed by atoms with E-state index in [0.717, 1.165) is 50.1 Å². The molecule has 0 aliphatic carbocycles. The Morgan fingerprint density at radius 2 is 1.42 bits per heavy atom. The molecule has 0 unspecified atom stereocenters. The third kappa shape index (κ3) is 3.80. The molecule has 0 bridgehead atoms. The molecule has 26 heavy (non-hydrogen) atoms. The maximum Gasteiger partial charge on any atom is 0.123 e. The van der Waals surface area contributed by atoms with Gasteiger partial charge in [0.2, 0.25) is 0 Å². The summed E-state index contributed by atoms with van der Waals surface area (Å²) in [6.45, 7) is 4.18. The highest BCUT2D eigenvalue weighted by Crippen LogP contribution is 2.40. The lowest BCUT2D eigenvalue weighted by Crippen LogP contribution is -2.51. The summed E-state index contributed by atoms with van der Waals surface area (Å²) in [5.74, 6) is 0.724. The fourth-order valence-electron chi connectivity index (χ4n) is 4.12. The van der Waals surface area contributed by atoms with E-state index in [2.05, 4.69) is 22.0 Å². The normalized spacial score (nSPS) is 20.6. The van der Waals surface area contributed by atoms with E-state index in [9.17, 15) is 8.78 Å². The SMILES string of the molecule is Fc1ccc(C(c2ccc(F)cc2)N2CCC3(CC2)CNCCS3)cc1. The predicted octanol–water partition coefficient (Wildman–Crippen LogP) is 4.23. The molecule has 4 rings (SSSR count). The minimum Gasteiger partial charge on any atom is -0.315 e. The smallest absolute Gasteiger partial charge is 0.123 e. The van der Waals surface area contributed by atoms with Crippen LogP contribution in [0.4, 0.5) is 8.78 Å². The number of benzene rings is 2. The molecule has 0 atom stereocenters. The molecule has 2 aromatic carbocycles. The van der Waals surface area contributed by atoms with Gasteiger partial charge in [-0.3, -0.25) is 4.90 Å². The van der Waals surface area contributed by atoms with E-state index in [1.807, 2.05) is 24.3 Å². The Hall–Kier alpha value is -1.43. The van der Waals surface area contributed by atoms with E-state index in [0.29, 0.717) is 4.75 Å². The van der Waals surface area contributed by atoms with Crippen LogP contribution in [0.3, 0.4) is 0 Å². The Morgan fingerprint density at radius 3 is 1.88 bits per heavy atom. The lowest BCUT2D eigenvalue weighted by molar-refractivity contribution is 0.162. The molecule has 2 saturated heterocycles. The van der Waals surface area contributed by atoms with Gasteiger partial charge >= 0.3 is 0 Å². The maximum absolute atomic E-state index is 13.4. The summed E-state index contributed by atoms with van der Waals surface area (Å²) in [6.07, 6.45) is 2.28. The zero-order chi connectivity index (χ0) is 18.0. The molecule has 138 valence electrons. The minimum absolute atomic E-state index is 0.0371. The van der Waals surface area contributed by atoms with Gasteiger partial charge in [-0.15, -0.1) is 0 Å². The van der Waals surface area contributed by atoms with Crippen LogP contribution in [0.5, 0.6) is 0 Å². The Labute approximate surface area is 158 Å². The zero-order valence-corrected chi connectivity index (χ0v) is 15.6. The second kappa shape index (κ2) is 7.67. The molecular formula is C21H24F2N2S. The highest BCUT2D eigenvalue weighted by atomic mass is 32.2. The molecule has 2 aliphatic heterocycles. The third-order valence-electron chi connectivity index (χ3n) is 5.58. The summed E-state index contributed by atoms with van der Waals surface area (Å²) in [6, 6.07) is 13.5. The molecule has 0 radical (unpaired) electrons. The molecule has 1 N–H and O–H groups in total. The average Bonchev–Trinajstić information content (AvgIpc) is 2.67. The van der Waals surface area contributed by atoms with Gasteiger partial charge in [0.1, 0.15) is 11.6 Å². The summed E-state index contributed by atoms with van der Waals surface area (Å²) in [5, 5.41) is 3.54. The summed E-state index contributed by atoms with van der Waals surface area (Å²) >= 11 is 2.11. The van der Waals surface area contributed by atoms with Crippen molar-refractivity contribution in [1.82, 2.24) is 10.2 Å². The zero-order valence-electron chi connectivity index (χ0n) is 14.8. The first-order valence-electron chi connectivity index (χ1n) is 9.25. The summed E-state index contributed by atoms with van der Waals surface area (Å²) in [7, 11) is 0. The van der Waals surface area contributed by atoms with Crippen LogP contribution in [0, 0.1) is 11.6 Å². The van der Waals surface area contributed by atoms with Crippen LogP contribution in [-0.2, 0) is 0 Å². The lowest BCUT2D eigenvalue weighted by Gasteiger charge is -2.46. The van der Waals surface area contributed by atoms with Crippen LogP contribution in [0.2, 0.25) is 0 Å². The number of likely N-dealkylation sites (tertiary alicyclic amines) is 1. The van der Waals surface area contributed by atoms with Crippen molar-refractivity contribution in [2.75, 3.05) is 31.9 Å². The molecule has 0 amide bonds. The number of piperidine rings is 1. The number of rotatable bonds is 3. The standard InChI is InChI=1S/C21H24F2N2S/c22-18-5-1-16(2-6-18)20(17-3-7-19(23)8-4-17)25-12-9-21(10-13-25)15-24-11-14-26-21/h1-8,20,24H,9-15H2. The van der Waals surface area contributed by atoms with Crippen LogP contribution in [0.25, 0.3) is 0 Å². The number of nitrogens with one attached hydrogen (secondary N) is 1. The number of hydrogen-bond donors (Lipinski definition) is 1. The summed E-state index contributed by atoms with van der Waals surface area (Å²) in [4.78, 5) is 2.46. The molecule has 2 heterocycles. The van der Waals surface area contributed by atoms with Crippen molar-refractivity contribution in [2.45, 2.75) is 23.6 Å². The Morgan fingerprint density at radius 1 is 0.885 bits per heavy atom. The largest absolute Gasteiger partial charge is 0.315 e. The first-order valence-corrected chi connectivity index (χ1v) is 10.2. The van der Waals surface area contributed by atoms with Crippen LogP contribution in [0.1, 0.15) is 30.0 Å². The molecule has 2 nitrogen and oxygen atoms in total. The van der Waals surface area contributed by atoms with Gasteiger partial charge < -0.3 is 5.32 Å². The van der Waals surface area contributed by atoms with Crippen molar-refractivity contribution in [1.29, 1.82) is 0 Å². The Balaban J connectivity index is 1.59. The highest BCUT2D eigenvalue weighted by Gasteiger charge is 2.38. The van der Waals surface area contributed by atoms with Gasteiger partial charge in [0.05, 0.1) is 6.04 Å². The van der Waals surface area contributed by atoms with Crippen molar-refractivity contribution in [2.24, 2.45) is 0 Å². The van der Waals surface area contributed by atoms with Gasteiger partial charge in [0.25, 0.3) is 0 Å². The van der Waals surface area contributed by atoms with Crippen LogP contribution in [-0.4, -0.2) is 41.6 Å². The number of thioether (sulfide) groups is 1. The summed E-state index contributed by atoms with van der Waals surface area (Å²) in [5.41, 5.74) is 2.12. The van der Waals surface area contributed by atoms with Gasteiger partial charge in [0.15, 0.2) is 0 Å². The fraction of sp³-hybridized carbons (Fsp3) is 0.429. The van der Waals surface area contributed by atoms with E-state index in [4.69, 9.17) is 0 Å². The molecular weight excluding hydrogens is 350 g/mol. The van der Waals surface area contributed by atoms with Crippen molar-refractivity contribution in [3.63, 3.8) is 0 Å². The van der Waals surface area contributed by atoms with Crippen LogP contribution in [0.15, 0.2) is 48.5 Å². The molecule has 0 aromatic heterocycles. The van der Waals surface area contributed by atoms with Crippen molar-refractivity contribution in [3.05, 3.63) is 71.3 Å². The van der Waals surface area contributed by atoms with E-state index >= 15 is 0 Å². The Bertz CT molecular complexity index is 671. The van der Waals surface area contributed by atoms with E-state index in [1.54, 1.807) is 0 Å². The van der Waals surface area contributed by atoms with E-state index < -0.39 is 0 Å². The second-order valence-corrected chi connectivity index (χ2v) is 8.81. The first-order chi connectivity index (χ1) is 12.7. The maximum atomic E-state index is 13.4. The quantitative estimate of drug-likeness (QED) is 0.866. The van der Waals surface area contributed by atoms with Gasteiger partial charge in [0, 0.05) is 36.7 Å². The van der Waals surface area contributed by atoms with Crippen molar-refractivity contribution in [3.8, 4) is 0 Å². The molecule has 1 spiro atoms. The first kappa shape index (κ1) is 18.0. The van der Waals surface area contributed by atoms with Gasteiger partial charge in [-0.05, 0) is 48.2 Å². The molecule has 0 saturated carbocycles. The van der Waals surface area contributed by atoms with Gasteiger partial charge in [-0.25, -0.2) is 8.78 Å². The lowest BCUT2D eigenvalue weighted by atomic mass is 9.90. The number of nitrogens with zero attached hydrogens (tertiary/aromatic N) is 1. The fourth-order valence-corrected chi connectivity index (χ4v) is 5.48. The van der Waals surface area contributed by atoms with E-state index in [-0.39, 0.29) is 17.7 Å². The third-order valence-corrected chi connectivity index (χ3v) is 7.15. The summed E-state index contributed by atoms with van der Waals surface area (Å²) < 4.78 is 27.2. The second-order valence-electron chi connectivity index (χ2n) is 7.25.